The Kier molecular flexibility index (Phi) is 6.74. The first-order valence-electron chi connectivity index (χ1n) is 9.74. The van der Waals surface area contributed by atoms with Crippen molar-refractivity contribution in [2.75, 3.05) is 6.54 Å². The molecule has 0 aromatic heterocycles. The van der Waals surface area contributed by atoms with E-state index in [1.807, 2.05) is 41.3 Å². The number of carbonyl (C=O) groups excluding carboxylic acids is 1. The molecule has 2 aromatic rings. The lowest BCUT2D eigenvalue weighted by Crippen LogP contribution is -2.37. The summed E-state index contributed by atoms with van der Waals surface area (Å²) in [7, 11) is 0. The lowest BCUT2D eigenvalue weighted by atomic mass is 10.00. The van der Waals surface area contributed by atoms with Crippen molar-refractivity contribution in [2.24, 2.45) is 11.1 Å². The summed E-state index contributed by atoms with van der Waals surface area (Å²) in [5.41, 5.74) is 4.17. The molecule has 1 amide bonds. The molecule has 0 fully saturated rings. The standard InChI is InChI=1S/C23H27ClN2O2/c1-16(2)12-23(27)26(14-18-9-5-7-11-21(18)24)15-19-13-22(25-28-19)20-10-6-4-8-17(20)3/h4-11,16,19H,12-15H2,1-3H3. The third-order valence-corrected chi connectivity index (χ3v) is 5.24. The molecule has 1 heterocycles. The number of hydrogen-bond acceptors (Lipinski definition) is 3. The van der Waals surface area contributed by atoms with Gasteiger partial charge in [0.2, 0.25) is 5.91 Å². The number of benzene rings is 2. The molecular formula is C23H27ClN2O2. The number of hydrogen-bond donors (Lipinski definition) is 0. The Labute approximate surface area is 172 Å². The number of aryl methyl sites for hydroxylation is 1. The quantitative estimate of drug-likeness (QED) is 0.641. The largest absolute Gasteiger partial charge is 0.390 e. The van der Waals surface area contributed by atoms with Crippen LogP contribution < -0.4 is 0 Å². The third-order valence-electron chi connectivity index (χ3n) is 4.87. The maximum atomic E-state index is 12.9. The van der Waals surface area contributed by atoms with Gasteiger partial charge in [0, 0.05) is 30.0 Å². The first-order valence-corrected chi connectivity index (χ1v) is 10.1. The molecule has 0 N–H and O–H groups in total. The van der Waals surface area contributed by atoms with Gasteiger partial charge in [-0.2, -0.15) is 0 Å². The number of oxime groups is 1. The van der Waals surface area contributed by atoms with Crippen molar-refractivity contribution >= 4 is 23.2 Å². The first kappa shape index (κ1) is 20.4. The van der Waals surface area contributed by atoms with E-state index in [2.05, 4.69) is 38.1 Å². The molecule has 1 unspecified atom stereocenters. The van der Waals surface area contributed by atoms with E-state index in [4.69, 9.17) is 16.4 Å². The van der Waals surface area contributed by atoms with E-state index < -0.39 is 0 Å². The zero-order valence-electron chi connectivity index (χ0n) is 16.7. The Hall–Kier alpha value is -2.33. The molecule has 148 valence electrons. The minimum Gasteiger partial charge on any atom is -0.390 e. The van der Waals surface area contributed by atoms with E-state index in [0.29, 0.717) is 36.9 Å². The molecule has 0 bridgehead atoms. The van der Waals surface area contributed by atoms with Crippen molar-refractivity contribution in [1.82, 2.24) is 4.90 Å². The van der Waals surface area contributed by atoms with Crippen LogP contribution in [-0.2, 0) is 16.2 Å². The van der Waals surface area contributed by atoms with E-state index in [-0.39, 0.29) is 12.0 Å². The Morgan fingerprint density at radius 3 is 2.64 bits per heavy atom. The summed E-state index contributed by atoms with van der Waals surface area (Å²) in [6, 6.07) is 15.8. The summed E-state index contributed by atoms with van der Waals surface area (Å²) in [6.45, 7) is 7.15. The Balaban J connectivity index is 1.71. The van der Waals surface area contributed by atoms with Crippen LogP contribution in [0.2, 0.25) is 5.02 Å². The van der Waals surface area contributed by atoms with Crippen molar-refractivity contribution in [1.29, 1.82) is 0 Å². The maximum Gasteiger partial charge on any atom is 0.223 e. The third kappa shape index (κ3) is 5.14. The summed E-state index contributed by atoms with van der Waals surface area (Å²) < 4.78 is 0. The highest BCUT2D eigenvalue weighted by Crippen LogP contribution is 2.23. The monoisotopic (exact) mass is 398 g/mol. The van der Waals surface area contributed by atoms with E-state index in [1.165, 1.54) is 5.56 Å². The van der Waals surface area contributed by atoms with Gasteiger partial charge in [-0.25, -0.2) is 0 Å². The fourth-order valence-corrected chi connectivity index (χ4v) is 3.59. The van der Waals surface area contributed by atoms with Gasteiger partial charge in [-0.3, -0.25) is 4.79 Å². The summed E-state index contributed by atoms with van der Waals surface area (Å²) >= 11 is 6.32. The number of amides is 1. The van der Waals surface area contributed by atoms with Gasteiger partial charge in [0.1, 0.15) is 0 Å². The molecule has 4 nitrogen and oxygen atoms in total. The van der Waals surface area contributed by atoms with Crippen LogP contribution >= 0.6 is 11.6 Å². The van der Waals surface area contributed by atoms with Crippen LogP contribution in [0.1, 0.15) is 43.4 Å². The Morgan fingerprint density at radius 2 is 1.93 bits per heavy atom. The Morgan fingerprint density at radius 1 is 1.21 bits per heavy atom. The average molecular weight is 399 g/mol. The summed E-state index contributed by atoms with van der Waals surface area (Å²) in [4.78, 5) is 20.4. The average Bonchev–Trinajstić information content (AvgIpc) is 3.11. The number of rotatable bonds is 7. The zero-order valence-corrected chi connectivity index (χ0v) is 17.4. The molecule has 0 radical (unpaired) electrons. The van der Waals surface area contributed by atoms with Crippen molar-refractivity contribution in [3.05, 3.63) is 70.2 Å². The van der Waals surface area contributed by atoms with Crippen molar-refractivity contribution < 1.29 is 9.63 Å². The van der Waals surface area contributed by atoms with Crippen molar-refractivity contribution in [2.45, 2.75) is 46.3 Å². The van der Waals surface area contributed by atoms with Crippen molar-refractivity contribution in [3.63, 3.8) is 0 Å². The topological polar surface area (TPSA) is 41.9 Å². The van der Waals surface area contributed by atoms with Crippen LogP contribution in [-0.4, -0.2) is 29.2 Å². The molecule has 5 heteroatoms. The highest BCUT2D eigenvalue weighted by Gasteiger charge is 2.27. The number of halogens is 1. The molecule has 0 saturated carbocycles. The van der Waals surface area contributed by atoms with E-state index in [1.54, 1.807) is 0 Å². The predicted octanol–water partition coefficient (Wildman–Crippen LogP) is 5.22. The van der Waals surface area contributed by atoms with Crippen LogP contribution in [0.3, 0.4) is 0 Å². The van der Waals surface area contributed by atoms with Gasteiger partial charge >= 0.3 is 0 Å². The van der Waals surface area contributed by atoms with Crippen molar-refractivity contribution in [3.8, 4) is 0 Å². The fourth-order valence-electron chi connectivity index (χ4n) is 3.39. The summed E-state index contributed by atoms with van der Waals surface area (Å²) in [6.07, 6.45) is 1.05. The van der Waals surface area contributed by atoms with Crippen LogP contribution in [0.4, 0.5) is 0 Å². The Bertz CT molecular complexity index is 863. The van der Waals surface area contributed by atoms with E-state index in [0.717, 1.165) is 16.8 Å². The second kappa shape index (κ2) is 9.24. The smallest absolute Gasteiger partial charge is 0.223 e. The zero-order chi connectivity index (χ0) is 20.1. The maximum absolute atomic E-state index is 12.9. The van der Waals surface area contributed by atoms with Crippen LogP contribution in [0.15, 0.2) is 53.7 Å². The molecule has 1 aliphatic rings. The van der Waals surface area contributed by atoms with Gasteiger partial charge in [0.15, 0.2) is 6.10 Å². The lowest BCUT2D eigenvalue weighted by Gasteiger charge is -2.26. The van der Waals surface area contributed by atoms with Crippen LogP contribution in [0.25, 0.3) is 0 Å². The van der Waals surface area contributed by atoms with Gasteiger partial charge in [0.25, 0.3) is 0 Å². The second-order valence-electron chi connectivity index (χ2n) is 7.75. The molecule has 1 aliphatic heterocycles. The van der Waals surface area contributed by atoms with Gasteiger partial charge in [0.05, 0.1) is 12.3 Å². The molecule has 1 atom stereocenters. The minimum atomic E-state index is -0.145. The molecular weight excluding hydrogens is 372 g/mol. The number of nitrogens with zero attached hydrogens (tertiary/aromatic N) is 2. The first-order chi connectivity index (χ1) is 13.4. The van der Waals surface area contributed by atoms with Gasteiger partial charge < -0.3 is 9.74 Å². The minimum absolute atomic E-state index is 0.114. The van der Waals surface area contributed by atoms with E-state index in [9.17, 15) is 4.79 Å². The van der Waals surface area contributed by atoms with Crippen LogP contribution in [0.5, 0.6) is 0 Å². The molecule has 0 aliphatic carbocycles. The van der Waals surface area contributed by atoms with E-state index >= 15 is 0 Å². The fraction of sp³-hybridized carbons (Fsp3) is 0.391. The molecule has 28 heavy (non-hydrogen) atoms. The van der Waals surface area contributed by atoms with Crippen LogP contribution in [0, 0.1) is 12.8 Å². The highest BCUT2D eigenvalue weighted by atomic mass is 35.5. The normalized spacial score (nSPS) is 16.0. The molecule has 0 spiro atoms. The molecule has 3 rings (SSSR count). The highest BCUT2D eigenvalue weighted by molar-refractivity contribution is 6.31. The lowest BCUT2D eigenvalue weighted by molar-refractivity contribution is -0.134. The second-order valence-corrected chi connectivity index (χ2v) is 8.16. The SMILES string of the molecule is Cc1ccccc1C1=NOC(CN(Cc2ccccc2Cl)C(=O)CC(C)C)C1. The number of carbonyl (C=O) groups is 1. The van der Waals surface area contributed by atoms with Gasteiger partial charge in [-0.15, -0.1) is 0 Å². The molecule has 0 saturated heterocycles. The predicted molar refractivity (Wildman–Crippen MR) is 114 cm³/mol. The summed E-state index contributed by atoms with van der Waals surface area (Å²) in [5, 5.41) is 4.97. The summed E-state index contributed by atoms with van der Waals surface area (Å²) in [5.74, 6) is 0.410. The van der Waals surface area contributed by atoms with Gasteiger partial charge in [-0.1, -0.05) is 73.1 Å². The molecule has 2 aromatic carbocycles. The van der Waals surface area contributed by atoms with Gasteiger partial charge in [-0.05, 0) is 30.0 Å².